The fourth-order valence-electron chi connectivity index (χ4n) is 2.93. The predicted molar refractivity (Wildman–Crippen MR) is 134 cm³/mol. The summed E-state index contributed by atoms with van der Waals surface area (Å²) in [4.78, 5) is 47.3. The lowest BCUT2D eigenvalue weighted by Gasteiger charge is -2.22. The van der Waals surface area contributed by atoms with Gasteiger partial charge in [-0.25, -0.2) is 14.4 Å². The summed E-state index contributed by atoms with van der Waals surface area (Å²) in [5.41, 5.74) is 0.893. The van der Waals surface area contributed by atoms with E-state index in [2.05, 4.69) is 23.4 Å². The van der Waals surface area contributed by atoms with E-state index in [4.69, 9.17) is 14.2 Å². The molecule has 0 N–H and O–H groups in total. The molecule has 0 aromatic heterocycles. The number of nitro benzene ring substituents is 1. The van der Waals surface area contributed by atoms with Crippen LogP contribution in [-0.4, -0.2) is 55.7 Å². The SMILES string of the molecule is C=CC(=O)OCCOC(=O)c1cc([N+](=O)[O-])ccc1N=Nc1ccc(N(CC)CCOC(=O)C=C)cc1. The molecule has 0 atom stereocenters. The fourth-order valence-corrected chi connectivity index (χ4v) is 2.93. The number of azo groups is 1. The van der Waals surface area contributed by atoms with Gasteiger partial charge in [-0.05, 0) is 37.3 Å². The average molecular weight is 511 g/mol. The smallest absolute Gasteiger partial charge is 0.340 e. The molecule has 0 aliphatic rings. The van der Waals surface area contributed by atoms with Crippen molar-refractivity contribution in [2.45, 2.75) is 6.92 Å². The van der Waals surface area contributed by atoms with Crippen LogP contribution in [0.4, 0.5) is 22.7 Å². The molecule has 194 valence electrons. The van der Waals surface area contributed by atoms with Gasteiger partial charge in [0.2, 0.25) is 0 Å². The van der Waals surface area contributed by atoms with Gasteiger partial charge in [-0.1, -0.05) is 13.2 Å². The first kappa shape index (κ1) is 28.4. The summed E-state index contributed by atoms with van der Waals surface area (Å²) in [5, 5.41) is 19.3. The molecule has 2 aromatic rings. The number of benzene rings is 2. The quantitative estimate of drug-likeness (QED) is 0.0683. The van der Waals surface area contributed by atoms with Gasteiger partial charge in [-0.2, -0.15) is 5.11 Å². The van der Waals surface area contributed by atoms with E-state index in [0.717, 1.165) is 23.9 Å². The highest BCUT2D eigenvalue weighted by Gasteiger charge is 2.18. The highest BCUT2D eigenvalue weighted by Crippen LogP contribution is 2.28. The highest BCUT2D eigenvalue weighted by atomic mass is 16.6. The lowest BCUT2D eigenvalue weighted by atomic mass is 10.1. The molecule has 0 amide bonds. The van der Waals surface area contributed by atoms with Gasteiger partial charge < -0.3 is 19.1 Å². The van der Waals surface area contributed by atoms with Crippen LogP contribution >= 0.6 is 0 Å². The van der Waals surface area contributed by atoms with Crippen LogP contribution in [0.2, 0.25) is 0 Å². The van der Waals surface area contributed by atoms with E-state index in [1.807, 2.05) is 24.0 Å². The van der Waals surface area contributed by atoms with Gasteiger partial charge in [0.05, 0.1) is 22.7 Å². The Balaban J connectivity index is 2.13. The number of anilines is 1. The van der Waals surface area contributed by atoms with Gasteiger partial charge in [0.15, 0.2) is 0 Å². The van der Waals surface area contributed by atoms with Crippen molar-refractivity contribution >= 4 is 40.7 Å². The molecule has 12 nitrogen and oxygen atoms in total. The van der Waals surface area contributed by atoms with Gasteiger partial charge in [0.25, 0.3) is 5.69 Å². The maximum absolute atomic E-state index is 12.5. The first-order valence-electron chi connectivity index (χ1n) is 11.1. The van der Waals surface area contributed by atoms with E-state index in [-0.39, 0.29) is 36.8 Å². The van der Waals surface area contributed by atoms with Crippen LogP contribution in [0.15, 0.2) is 78.0 Å². The molecule has 0 spiro atoms. The summed E-state index contributed by atoms with van der Waals surface area (Å²) in [6.07, 6.45) is 2.07. The molecular weight excluding hydrogens is 484 g/mol. The first-order chi connectivity index (χ1) is 17.8. The maximum Gasteiger partial charge on any atom is 0.340 e. The van der Waals surface area contributed by atoms with Crippen LogP contribution in [0.3, 0.4) is 0 Å². The molecule has 2 aromatic carbocycles. The zero-order valence-corrected chi connectivity index (χ0v) is 20.2. The largest absolute Gasteiger partial charge is 0.461 e. The topological polar surface area (TPSA) is 150 Å². The molecule has 0 aliphatic heterocycles. The van der Waals surface area contributed by atoms with Gasteiger partial charge in [0, 0.05) is 36.5 Å². The van der Waals surface area contributed by atoms with Crippen molar-refractivity contribution in [1.29, 1.82) is 0 Å². The summed E-state index contributed by atoms with van der Waals surface area (Å²) in [5.74, 6) is -2.05. The van der Waals surface area contributed by atoms with Crippen LogP contribution in [-0.2, 0) is 23.8 Å². The molecule has 12 heteroatoms. The minimum atomic E-state index is -0.890. The molecule has 0 saturated carbocycles. The fraction of sp³-hybridized carbons (Fsp3) is 0.240. The second-order valence-corrected chi connectivity index (χ2v) is 7.13. The summed E-state index contributed by atoms with van der Waals surface area (Å²) >= 11 is 0. The van der Waals surface area contributed by atoms with Gasteiger partial charge in [-0.15, -0.1) is 5.11 Å². The lowest BCUT2D eigenvalue weighted by Crippen LogP contribution is -2.27. The van der Waals surface area contributed by atoms with E-state index < -0.39 is 22.8 Å². The number of nitro groups is 1. The Hall–Kier alpha value is -4.87. The van der Waals surface area contributed by atoms with Crippen molar-refractivity contribution in [3.8, 4) is 0 Å². The average Bonchev–Trinajstić information content (AvgIpc) is 2.92. The molecule has 0 unspecified atom stereocenters. The Morgan fingerprint density at radius 1 is 0.946 bits per heavy atom. The standard InChI is InChI=1S/C25H26N4O8/c1-4-23(30)35-14-13-28(6-3)19-9-7-18(8-10-19)26-27-22-12-11-20(29(33)34)17-21(22)25(32)37-16-15-36-24(31)5-2/h4-5,7-12,17H,1-2,6,13-16H2,3H3. The van der Waals surface area contributed by atoms with Crippen molar-refractivity contribution in [3.05, 3.63) is 83.5 Å². The van der Waals surface area contributed by atoms with Crippen molar-refractivity contribution in [1.82, 2.24) is 0 Å². The third-order valence-electron chi connectivity index (χ3n) is 4.78. The summed E-state index contributed by atoms with van der Waals surface area (Å²) in [7, 11) is 0. The second kappa shape index (κ2) is 14.5. The summed E-state index contributed by atoms with van der Waals surface area (Å²) < 4.78 is 14.8. The zero-order valence-electron chi connectivity index (χ0n) is 20.2. The van der Waals surface area contributed by atoms with Crippen molar-refractivity contribution in [2.75, 3.05) is 37.8 Å². The van der Waals surface area contributed by atoms with E-state index in [9.17, 15) is 24.5 Å². The third kappa shape index (κ3) is 9.02. The third-order valence-corrected chi connectivity index (χ3v) is 4.78. The minimum absolute atomic E-state index is 0.0574. The summed E-state index contributed by atoms with van der Waals surface area (Å²) in [6, 6.07) is 10.5. The number of rotatable bonds is 14. The number of carbonyl (C=O) groups excluding carboxylic acids is 3. The molecule has 0 radical (unpaired) electrons. The van der Waals surface area contributed by atoms with Crippen LogP contribution in [0, 0.1) is 10.1 Å². The molecule has 0 aliphatic carbocycles. The molecule has 0 heterocycles. The Labute approximate surface area is 213 Å². The molecule has 0 bridgehead atoms. The number of hydrogen-bond acceptors (Lipinski definition) is 11. The van der Waals surface area contributed by atoms with Gasteiger partial charge in [0.1, 0.15) is 25.5 Å². The molecule has 37 heavy (non-hydrogen) atoms. The number of non-ortho nitro benzene ring substituents is 1. The molecule has 0 fully saturated rings. The van der Waals surface area contributed by atoms with Crippen LogP contribution < -0.4 is 4.90 Å². The molecule has 2 rings (SSSR count). The Kier molecular flexibility index (Phi) is 11.1. The maximum atomic E-state index is 12.5. The van der Waals surface area contributed by atoms with Gasteiger partial charge >= 0.3 is 17.9 Å². The van der Waals surface area contributed by atoms with Crippen molar-refractivity contribution < 1.29 is 33.5 Å². The normalized spacial score (nSPS) is 10.4. The number of nitrogens with zero attached hydrogens (tertiary/aromatic N) is 4. The highest BCUT2D eigenvalue weighted by molar-refractivity contribution is 5.95. The minimum Gasteiger partial charge on any atom is -0.461 e. The van der Waals surface area contributed by atoms with Crippen LogP contribution in [0.25, 0.3) is 0 Å². The number of esters is 3. The van der Waals surface area contributed by atoms with E-state index >= 15 is 0 Å². The molecule has 0 saturated heterocycles. The number of hydrogen-bond donors (Lipinski definition) is 0. The van der Waals surface area contributed by atoms with E-state index in [1.54, 1.807) is 12.1 Å². The zero-order chi connectivity index (χ0) is 27.2. The Morgan fingerprint density at radius 2 is 1.57 bits per heavy atom. The Morgan fingerprint density at radius 3 is 2.16 bits per heavy atom. The first-order valence-corrected chi connectivity index (χ1v) is 11.1. The van der Waals surface area contributed by atoms with E-state index in [0.29, 0.717) is 18.8 Å². The number of ether oxygens (including phenoxy) is 3. The van der Waals surface area contributed by atoms with Crippen LogP contribution in [0.1, 0.15) is 17.3 Å². The monoisotopic (exact) mass is 510 g/mol. The second-order valence-electron chi connectivity index (χ2n) is 7.13. The van der Waals surface area contributed by atoms with Crippen LogP contribution in [0.5, 0.6) is 0 Å². The lowest BCUT2D eigenvalue weighted by molar-refractivity contribution is -0.384. The number of likely N-dealkylation sites (N-methyl/N-ethyl adjacent to an activating group) is 1. The van der Waals surface area contributed by atoms with Crippen molar-refractivity contribution in [3.63, 3.8) is 0 Å². The predicted octanol–water partition coefficient (Wildman–Crippen LogP) is 4.45. The van der Waals surface area contributed by atoms with E-state index in [1.165, 1.54) is 12.1 Å². The van der Waals surface area contributed by atoms with Crippen molar-refractivity contribution in [2.24, 2.45) is 10.2 Å². The van der Waals surface area contributed by atoms with Gasteiger partial charge in [-0.3, -0.25) is 10.1 Å². The molecular formula is C25H26N4O8. The Bertz CT molecular complexity index is 1180. The number of carbonyl (C=O) groups is 3. The summed E-state index contributed by atoms with van der Waals surface area (Å²) in [6.45, 7) is 9.46.